The summed E-state index contributed by atoms with van der Waals surface area (Å²) in [6.07, 6.45) is 1.78. The second kappa shape index (κ2) is 5.09. The summed E-state index contributed by atoms with van der Waals surface area (Å²) in [6, 6.07) is 3.65. The molecule has 1 aromatic carbocycles. The van der Waals surface area contributed by atoms with E-state index in [1.165, 1.54) is 16.4 Å². The second-order valence-electron chi connectivity index (χ2n) is 5.38. The minimum atomic E-state index is -3.59. The van der Waals surface area contributed by atoms with Crippen LogP contribution >= 0.6 is 0 Å². The summed E-state index contributed by atoms with van der Waals surface area (Å²) in [5.41, 5.74) is 5.31. The van der Waals surface area contributed by atoms with E-state index < -0.39 is 15.8 Å². The average molecular weight is 286 g/mol. The van der Waals surface area contributed by atoms with Gasteiger partial charge >= 0.3 is 0 Å². The van der Waals surface area contributed by atoms with Gasteiger partial charge in [0.05, 0.1) is 10.6 Å². The molecule has 0 spiro atoms. The number of anilines is 1. The summed E-state index contributed by atoms with van der Waals surface area (Å²) in [4.78, 5) is 0.0685. The molecule has 0 heterocycles. The molecule has 2 N–H and O–H groups in total. The Labute approximate surface area is 113 Å². The van der Waals surface area contributed by atoms with Crippen LogP contribution in [0.15, 0.2) is 23.1 Å². The monoisotopic (exact) mass is 286 g/mol. The normalized spacial score (nSPS) is 16.3. The van der Waals surface area contributed by atoms with Gasteiger partial charge in [-0.2, -0.15) is 4.31 Å². The highest BCUT2D eigenvalue weighted by molar-refractivity contribution is 7.89. The molecule has 0 aromatic heterocycles. The molecule has 1 fully saturated rings. The minimum Gasteiger partial charge on any atom is -0.396 e. The van der Waals surface area contributed by atoms with Crippen LogP contribution in [0.4, 0.5) is 10.1 Å². The Morgan fingerprint density at radius 3 is 2.53 bits per heavy atom. The van der Waals surface area contributed by atoms with Gasteiger partial charge in [0.25, 0.3) is 0 Å². The van der Waals surface area contributed by atoms with Crippen LogP contribution in [0.5, 0.6) is 0 Å². The molecule has 6 heteroatoms. The molecular formula is C13H19FN2O2S. The maximum atomic E-state index is 13.1. The topological polar surface area (TPSA) is 63.4 Å². The summed E-state index contributed by atoms with van der Waals surface area (Å²) in [7, 11) is -3.59. The summed E-state index contributed by atoms with van der Waals surface area (Å²) in [6.45, 7) is 4.43. The quantitative estimate of drug-likeness (QED) is 0.844. The molecule has 1 aliphatic rings. The van der Waals surface area contributed by atoms with Crippen molar-refractivity contribution in [2.75, 3.05) is 12.3 Å². The molecule has 0 unspecified atom stereocenters. The fourth-order valence-corrected chi connectivity index (χ4v) is 3.87. The lowest BCUT2D eigenvalue weighted by atomic mass is 10.2. The molecule has 106 valence electrons. The van der Waals surface area contributed by atoms with Crippen molar-refractivity contribution in [3.63, 3.8) is 0 Å². The zero-order chi connectivity index (χ0) is 14.2. The van der Waals surface area contributed by atoms with Crippen LogP contribution in [-0.4, -0.2) is 25.3 Å². The molecule has 0 radical (unpaired) electrons. The highest BCUT2D eigenvalue weighted by atomic mass is 32.2. The van der Waals surface area contributed by atoms with Crippen molar-refractivity contribution in [3.05, 3.63) is 24.0 Å². The summed E-state index contributed by atoms with van der Waals surface area (Å²) in [5, 5.41) is 0. The Morgan fingerprint density at radius 1 is 1.42 bits per heavy atom. The van der Waals surface area contributed by atoms with Crippen molar-refractivity contribution < 1.29 is 12.8 Å². The Bertz CT molecular complexity index is 568. The van der Waals surface area contributed by atoms with Crippen LogP contribution in [0.25, 0.3) is 0 Å². The van der Waals surface area contributed by atoms with Crippen LogP contribution < -0.4 is 5.73 Å². The Balaban J connectivity index is 2.35. The molecule has 0 amide bonds. The molecule has 0 aliphatic heterocycles. The van der Waals surface area contributed by atoms with Crippen LogP contribution in [0, 0.1) is 11.7 Å². The van der Waals surface area contributed by atoms with Gasteiger partial charge in [-0.3, -0.25) is 0 Å². The first-order chi connectivity index (χ1) is 8.82. The third-order valence-corrected chi connectivity index (χ3v) is 4.99. The van der Waals surface area contributed by atoms with Crippen LogP contribution in [0.1, 0.15) is 26.7 Å². The fourth-order valence-electron chi connectivity index (χ4n) is 1.98. The number of hydrogen-bond donors (Lipinski definition) is 1. The lowest BCUT2D eigenvalue weighted by molar-refractivity contribution is 0.360. The van der Waals surface area contributed by atoms with E-state index in [1.807, 2.05) is 13.8 Å². The van der Waals surface area contributed by atoms with E-state index in [4.69, 9.17) is 5.73 Å². The molecule has 0 bridgehead atoms. The van der Waals surface area contributed by atoms with Crippen LogP contribution in [0.3, 0.4) is 0 Å². The molecular weight excluding hydrogens is 267 g/mol. The van der Waals surface area contributed by atoms with Gasteiger partial charge in [0.1, 0.15) is 5.82 Å². The third-order valence-electron chi connectivity index (χ3n) is 3.07. The first kappa shape index (κ1) is 14.3. The van der Waals surface area contributed by atoms with E-state index in [0.29, 0.717) is 6.54 Å². The van der Waals surface area contributed by atoms with E-state index in [9.17, 15) is 12.8 Å². The number of nitrogens with two attached hydrogens (primary N) is 1. The number of benzene rings is 1. The van der Waals surface area contributed by atoms with Crippen molar-refractivity contribution in [3.8, 4) is 0 Å². The van der Waals surface area contributed by atoms with Crippen LogP contribution in [-0.2, 0) is 10.0 Å². The Morgan fingerprint density at radius 2 is 2.05 bits per heavy atom. The molecule has 0 saturated heterocycles. The summed E-state index contributed by atoms with van der Waals surface area (Å²) in [5.74, 6) is -0.353. The smallest absolute Gasteiger partial charge is 0.243 e. The Hall–Kier alpha value is -1.14. The average Bonchev–Trinajstić information content (AvgIpc) is 3.13. The molecule has 1 aliphatic carbocycles. The largest absolute Gasteiger partial charge is 0.396 e. The molecule has 2 rings (SSSR count). The lowest BCUT2D eigenvalue weighted by Gasteiger charge is -2.23. The summed E-state index contributed by atoms with van der Waals surface area (Å²) < 4.78 is 39.8. The van der Waals surface area contributed by atoms with Gasteiger partial charge in [-0.25, -0.2) is 12.8 Å². The van der Waals surface area contributed by atoms with Gasteiger partial charge in [-0.1, -0.05) is 13.8 Å². The van der Waals surface area contributed by atoms with E-state index in [-0.39, 0.29) is 22.5 Å². The minimum absolute atomic E-state index is 0.0685. The standard InChI is InChI=1S/C13H19FN2O2S/c1-9(2)8-16(10-3-4-10)19(17,18)11-5-6-12(14)13(15)7-11/h5-7,9-10H,3-4,8,15H2,1-2H3. The second-order valence-corrected chi connectivity index (χ2v) is 7.27. The van der Waals surface area contributed by atoms with Crippen molar-refractivity contribution in [2.24, 2.45) is 5.92 Å². The molecule has 1 aromatic rings. The highest BCUT2D eigenvalue weighted by Gasteiger charge is 2.38. The molecule has 19 heavy (non-hydrogen) atoms. The highest BCUT2D eigenvalue weighted by Crippen LogP contribution is 2.33. The number of nitrogens with zero attached hydrogens (tertiary/aromatic N) is 1. The van der Waals surface area contributed by atoms with Gasteiger partial charge in [0, 0.05) is 12.6 Å². The third kappa shape index (κ3) is 3.06. The zero-order valence-corrected chi connectivity index (χ0v) is 12.0. The summed E-state index contributed by atoms with van der Waals surface area (Å²) >= 11 is 0. The maximum absolute atomic E-state index is 13.1. The lowest BCUT2D eigenvalue weighted by Crippen LogP contribution is -2.36. The number of rotatable bonds is 5. The molecule has 1 saturated carbocycles. The van der Waals surface area contributed by atoms with Gasteiger partial charge in [0.2, 0.25) is 10.0 Å². The zero-order valence-electron chi connectivity index (χ0n) is 11.1. The van der Waals surface area contributed by atoms with E-state index >= 15 is 0 Å². The van der Waals surface area contributed by atoms with Crippen LogP contribution in [0.2, 0.25) is 0 Å². The number of hydrogen-bond acceptors (Lipinski definition) is 3. The van der Waals surface area contributed by atoms with Gasteiger partial charge in [0.15, 0.2) is 0 Å². The maximum Gasteiger partial charge on any atom is 0.243 e. The fraction of sp³-hybridized carbons (Fsp3) is 0.538. The van der Waals surface area contributed by atoms with Gasteiger partial charge in [-0.05, 0) is 37.0 Å². The SMILES string of the molecule is CC(C)CN(C1CC1)S(=O)(=O)c1ccc(F)c(N)c1. The van der Waals surface area contributed by atoms with E-state index in [0.717, 1.165) is 18.9 Å². The van der Waals surface area contributed by atoms with Crippen molar-refractivity contribution >= 4 is 15.7 Å². The predicted molar refractivity (Wildman–Crippen MR) is 72.6 cm³/mol. The number of nitrogen functional groups attached to an aromatic ring is 1. The first-order valence-corrected chi connectivity index (χ1v) is 7.83. The number of sulfonamides is 1. The van der Waals surface area contributed by atoms with Crippen molar-refractivity contribution in [2.45, 2.75) is 37.6 Å². The van der Waals surface area contributed by atoms with Crippen molar-refractivity contribution in [1.82, 2.24) is 4.31 Å². The first-order valence-electron chi connectivity index (χ1n) is 6.39. The predicted octanol–water partition coefficient (Wildman–Crippen LogP) is 2.22. The van der Waals surface area contributed by atoms with Gasteiger partial charge in [-0.15, -0.1) is 0 Å². The molecule has 0 atom stereocenters. The van der Waals surface area contributed by atoms with Crippen molar-refractivity contribution in [1.29, 1.82) is 0 Å². The van der Waals surface area contributed by atoms with E-state index in [1.54, 1.807) is 0 Å². The number of halogens is 1. The Kier molecular flexibility index (Phi) is 3.82. The van der Waals surface area contributed by atoms with Gasteiger partial charge < -0.3 is 5.73 Å². The van der Waals surface area contributed by atoms with E-state index in [2.05, 4.69) is 0 Å². The molecule has 4 nitrogen and oxygen atoms in total.